The highest BCUT2D eigenvalue weighted by molar-refractivity contribution is 5.45. The van der Waals surface area contributed by atoms with Crippen molar-refractivity contribution in [3.8, 4) is 17.2 Å². The maximum Gasteiger partial charge on any atom is 0.161 e. The van der Waals surface area contributed by atoms with Crippen molar-refractivity contribution in [2.24, 2.45) is 5.41 Å². The molecule has 1 saturated heterocycles. The first kappa shape index (κ1) is 21.4. The Hall–Kier alpha value is -2.28. The lowest BCUT2D eigenvalue weighted by molar-refractivity contribution is -0.0463. The Labute approximate surface area is 172 Å². The van der Waals surface area contributed by atoms with Crippen molar-refractivity contribution in [1.29, 1.82) is 0 Å². The predicted octanol–water partition coefficient (Wildman–Crippen LogP) is 2.72. The molecule has 0 aromatic heterocycles. The molecule has 29 heavy (non-hydrogen) atoms. The summed E-state index contributed by atoms with van der Waals surface area (Å²) in [4.78, 5) is 0. The van der Waals surface area contributed by atoms with Gasteiger partial charge >= 0.3 is 0 Å². The summed E-state index contributed by atoms with van der Waals surface area (Å²) in [7, 11) is 3.27. The smallest absolute Gasteiger partial charge is 0.161 e. The maximum atomic E-state index is 10.4. The van der Waals surface area contributed by atoms with E-state index in [0.29, 0.717) is 24.7 Å². The van der Waals surface area contributed by atoms with Crippen LogP contribution in [0.5, 0.6) is 17.2 Å². The summed E-state index contributed by atoms with van der Waals surface area (Å²) in [5.41, 5.74) is 1.44. The molecule has 2 aromatic rings. The van der Waals surface area contributed by atoms with Crippen molar-refractivity contribution in [2.75, 3.05) is 27.4 Å². The average Bonchev–Trinajstić information content (AvgIpc) is 3.04. The van der Waals surface area contributed by atoms with Crippen LogP contribution in [0.3, 0.4) is 0 Å². The highest BCUT2D eigenvalue weighted by atomic mass is 16.5. The van der Waals surface area contributed by atoms with Crippen LogP contribution in [-0.2, 0) is 6.42 Å². The van der Waals surface area contributed by atoms with Gasteiger partial charge in [-0.25, -0.2) is 0 Å². The molecule has 1 unspecified atom stereocenters. The molecule has 3 rings (SSSR count). The highest BCUT2D eigenvalue weighted by Crippen LogP contribution is 2.46. The molecular formula is C23H31NO5. The second-order valence-electron chi connectivity index (χ2n) is 7.77. The van der Waals surface area contributed by atoms with Crippen molar-refractivity contribution < 1.29 is 24.4 Å². The van der Waals surface area contributed by atoms with E-state index in [9.17, 15) is 10.2 Å². The van der Waals surface area contributed by atoms with Gasteiger partial charge in [-0.05, 0) is 42.3 Å². The summed E-state index contributed by atoms with van der Waals surface area (Å²) in [6, 6.07) is 13.7. The van der Waals surface area contributed by atoms with Crippen molar-refractivity contribution in [3.05, 3.63) is 53.6 Å². The molecule has 158 valence electrons. The van der Waals surface area contributed by atoms with Crippen molar-refractivity contribution in [1.82, 2.24) is 5.32 Å². The first-order chi connectivity index (χ1) is 13.9. The van der Waals surface area contributed by atoms with Gasteiger partial charge in [-0.2, -0.15) is 0 Å². The summed E-state index contributed by atoms with van der Waals surface area (Å²) < 4.78 is 16.8. The van der Waals surface area contributed by atoms with Gasteiger partial charge in [0.1, 0.15) is 12.0 Å². The molecule has 0 aliphatic carbocycles. The highest BCUT2D eigenvalue weighted by Gasteiger charge is 2.50. The van der Waals surface area contributed by atoms with Crippen LogP contribution in [0.15, 0.2) is 42.5 Å². The Kier molecular flexibility index (Phi) is 6.67. The second kappa shape index (κ2) is 9.03. The van der Waals surface area contributed by atoms with Crippen LogP contribution in [0.25, 0.3) is 0 Å². The fourth-order valence-electron chi connectivity index (χ4n) is 3.99. The van der Waals surface area contributed by atoms with Crippen LogP contribution >= 0.6 is 0 Å². The first-order valence-electron chi connectivity index (χ1n) is 9.93. The summed E-state index contributed by atoms with van der Waals surface area (Å²) in [6.07, 6.45) is -0.705. The number of hydrogen-bond acceptors (Lipinski definition) is 6. The summed E-state index contributed by atoms with van der Waals surface area (Å²) in [5.74, 6) is 2.09. The second-order valence-corrected chi connectivity index (χ2v) is 7.77. The Balaban J connectivity index is 1.77. The van der Waals surface area contributed by atoms with Crippen molar-refractivity contribution >= 4 is 0 Å². The van der Waals surface area contributed by atoms with Gasteiger partial charge in [0.2, 0.25) is 0 Å². The van der Waals surface area contributed by atoms with E-state index in [2.05, 4.69) is 5.32 Å². The van der Waals surface area contributed by atoms with Gasteiger partial charge < -0.3 is 24.4 Å². The topological polar surface area (TPSA) is 80.2 Å². The largest absolute Gasteiger partial charge is 0.497 e. The fraction of sp³-hybridized carbons (Fsp3) is 0.478. The number of aliphatic hydroxyl groups is 2. The predicted molar refractivity (Wildman–Crippen MR) is 112 cm³/mol. The number of aliphatic hydroxyl groups excluding tert-OH is 2. The Bertz CT molecular complexity index is 825. The van der Waals surface area contributed by atoms with E-state index in [-0.39, 0.29) is 5.92 Å². The SMILES string of the molecule is COc1cccc(CCOc2cc([C@@H]3CNC(O)[C@]3(C)[C@@H](C)O)ccc2OC)c1. The molecule has 1 aliphatic heterocycles. The summed E-state index contributed by atoms with van der Waals surface area (Å²) >= 11 is 0. The quantitative estimate of drug-likeness (QED) is 0.631. The standard InChI is InChI=1S/C23H31NO5/c1-15(25)23(2)19(14-24-22(23)26)17-8-9-20(28-4)21(13-17)29-11-10-16-6-5-7-18(12-16)27-3/h5-9,12-13,15,19,22,24-26H,10-11,14H2,1-4H3/t15-,19+,22?,23-/m1/s1. The van der Waals surface area contributed by atoms with Crippen LogP contribution in [0, 0.1) is 5.41 Å². The van der Waals surface area contributed by atoms with Crippen LogP contribution in [0.4, 0.5) is 0 Å². The fourth-order valence-corrected chi connectivity index (χ4v) is 3.99. The van der Waals surface area contributed by atoms with Gasteiger partial charge in [0.25, 0.3) is 0 Å². The molecule has 0 radical (unpaired) electrons. The lowest BCUT2D eigenvalue weighted by Gasteiger charge is -2.36. The minimum absolute atomic E-state index is 0.0517. The van der Waals surface area contributed by atoms with Crippen molar-refractivity contribution in [3.63, 3.8) is 0 Å². The zero-order valence-electron chi connectivity index (χ0n) is 17.5. The molecule has 6 heteroatoms. The van der Waals surface area contributed by atoms with Gasteiger partial charge in [-0.3, -0.25) is 5.32 Å². The van der Waals surface area contributed by atoms with Crippen LogP contribution in [-0.4, -0.2) is 49.9 Å². The number of ether oxygens (including phenoxy) is 3. The average molecular weight is 402 g/mol. The monoisotopic (exact) mass is 401 g/mol. The lowest BCUT2D eigenvalue weighted by Crippen LogP contribution is -2.44. The van der Waals surface area contributed by atoms with E-state index < -0.39 is 17.7 Å². The molecule has 1 fully saturated rings. The minimum atomic E-state index is -0.771. The normalized spacial score (nSPS) is 24.9. The van der Waals surface area contributed by atoms with Crippen LogP contribution < -0.4 is 19.5 Å². The Morgan fingerprint density at radius 3 is 2.62 bits per heavy atom. The Morgan fingerprint density at radius 1 is 1.14 bits per heavy atom. The number of methoxy groups -OCH3 is 2. The molecule has 1 heterocycles. The van der Waals surface area contributed by atoms with Crippen LogP contribution in [0.2, 0.25) is 0 Å². The van der Waals surface area contributed by atoms with Gasteiger partial charge in [-0.15, -0.1) is 0 Å². The van der Waals surface area contributed by atoms with Gasteiger partial charge in [0.15, 0.2) is 11.5 Å². The maximum absolute atomic E-state index is 10.4. The molecule has 2 aromatic carbocycles. The summed E-state index contributed by atoms with van der Waals surface area (Å²) in [6.45, 7) is 4.70. The van der Waals surface area contributed by atoms with E-state index in [1.54, 1.807) is 21.1 Å². The third-order valence-corrected chi connectivity index (χ3v) is 6.13. The van der Waals surface area contributed by atoms with Crippen molar-refractivity contribution in [2.45, 2.75) is 38.5 Å². The van der Waals surface area contributed by atoms with Crippen LogP contribution in [0.1, 0.15) is 30.9 Å². The molecule has 6 nitrogen and oxygen atoms in total. The first-order valence-corrected chi connectivity index (χ1v) is 9.93. The lowest BCUT2D eigenvalue weighted by atomic mass is 9.71. The molecule has 0 bridgehead atoms. The van der Waals surface area contributed by atoms with E-state index in [1.807, 2.05) is 49.4 Å². The number of rotatable bonds is 8. The van der Waals surface area contributed by atoms with Gasteiger partial charge in [0.05, 0.1) is 26.9 Å². The number of benzene rings is 2. The van der Waals surface area contributed by atoms with E-state index in [0.717, 1.165) is 23.3 Å². The number of nitrogens with one attached hydrogen (secondary N) is 1. The van der Waals surface area contributed by atoms with Gasteiger partial charge in [-0.1, -0.05) is 25.1 Å². The number of hydrogen-bond donors (Lipinski definition) is 3. The molecule has 0 amide bonds. The van der Waals surface area contributed by atoms with E-state index in [4.69, 9.17) is 14.2 Å². The van der Waals surface area contributed by atoms with E-state index >= 15 is 0 Å². The third-order valence-electron chi connectivity index (χ3n) is 6.13. The molecule has 0 saturated carbocycles. The third kappa shape index (κ3) is 4.34. The molecule has 3 N–H and O–H groups in total. The molecule has 4 atom stereocenters. The zero-order valence-corrected chi connectivity index (χ0v) is 17.5. The van der Waals surface area contributed by atoms with Gasteiger partial charge in [0, 0.05) is 24.3 Å². The molecular weight excluding hydrogens is 370 g/mol. The minimum Gasteiger partial charge on any atom is -0.497 e. The molecule has 0 spiro atoms. The summed E-state index contributed by atoms with van der Waals surface area (Å²) in [5, 5.41) is 23.8. The Morgan fingerprint density at radius 2 is 1.93 bits per heavy atom. The zero-order chi connectivity index (χ0) is 21.0. The molecule has 1 aliphatic rings. The van der Waals surface area contributed by atoms with E-state index in [1.165, 1.54) is 0 Å².